The minimum absolute atomic E-state index is 0.157. The van der Waals surface area contributed by atoms with Crippen LogP contribution in [0.25, 0.3) is 0 Å². The zero-order valence-corrected chi connectivity index (χ0v) is 14.0. The van der Waals surface area contributed by atoms with Gasteiger partial charge in [0.25, 0.3) is 5.91 Å². The fourth-order valence-electron chi connectivity index (χ4n) is 2.22. The number of hydrogen-bond donors (Lipinski definition) is 2. The van der Waals surface area contributed by atoms with E-state index < -0.39 is 24.5 Å². The molecule has 1 aliphatic carbocycles. The molecule has 0 unspecified atom stereocenters. The SMILES string of the molecule is CCN(CC)c1ccc(C(=O)OCC(=O)NC(=O)NC2CC2)cc1. The first-order chi connectivity index (χ1) is 11.5. The second-order valence-electron chi connectivity index (χ2n) is 5.59. The van der Waals surface area contributed by atoms with Crippen LogP contribution in [0.15, 0.2) is 24.3 Å². The van der Waals surface area contributed by atoms with Gasteiger partial charge in [0, 0.05) is 24.8 Å². The van der Waals surface area contributed by atoms with Crippen molar-refractivity contribution in [3.63, 3.8) is 0 Å². The first kappa shape index (κ1) is 17.8. The van der Waals surface area contributed by atoms with Crippen LogP contribution in [0, 0.1) is 0 Å². The largest absolute Gasteiger partial charge is 0.452 e. The number of imide groups is 1. The van der Waals surface area contributed by atoms with E-state index >= 15 is 0 Å². The zero-order valence-electron chi connectivity index (χ0n) is 14.0. The summed E-state index contributed by atoms with van der Waals surface area (Å²) in [6, 6.07) is 6.60. The Morgan fingerprint density at radius 1 is 1.12 bits per heavy atom. The van der Waals surface area contributed by atoms with Crippen LogP contribution in [0.4, 0.5) is 10.5 Å². The molecule has 0 aliphatic heterocycles. The van der Waals surface area contributed by atoms with Gasteiger partial charge in [-0.3, -0.25) is 10.1 Å². The van der Waals surface area contributed by atoms with E-state index in [0.29, 0.717) is 5.56 Å². The van der Waals surface area contributed by atoms with Gasteiger partial charge in [0.15, 0.2) is 6.61 Å². The average Bonchev–Trinajstić information content (AvgIpc) is 3.38. The topological polar surface area (TPSA) is 87.7 Å². The van der Waals surface area contributed by atoms with Gasteiger partial charge in [-0.05, 0) is 51.0 Å². The van der Waals surface area contributed by atoms with Gasteiger partial charge in [-0.15, -0.1) is 0 Å². The number of urea groups is 1. The fraction of sp³-hybridized carbons (Fsp3) is 0.471. The molecule has 24 heavy (non-hydrogen) atoms. The molecule has 0 atom stereocenters. The van der Waals surface area contributed by atoms with Crippen molar-refractivity contribution in [3.8, 4) is 0 Å². The van der Waals surface area contributed by atoms with Gasteiger partial charge in [0.1, 0.15) is 0 Å². The molecule has 1 aliphatic rings. The average molecular weight is 333 g/mol. The summed E-state index contributed by atoms with van der Waals surface area (Å²) in [6.45, 7) is 5.38. The summed E-state index contributed by atoms with van der Waals surface area (Å²) in [6.07, 6.45) is 1.86. The number of ether oxygens (including phenoxy) is 1. The summed E-state index contributed by atoms with van der Waals surface area (Å²) < 4.78 is 4.92. The number of anilines is 1. The van der Waals surface area contributed by atoms with Crippen molar-refractivity contribution in [2.75, 3.05) is 24.6 Å². The third-order valence-corrected chi connectivity index (χ3v) is 3.73. The number of carbonyl (C=O) groups excluding carboxylic acids is 3. The van der Waals surface area contributed by atoms with E-state index in [2.05, 4.69) is 29.4 Å². The van der Waals surface area contributed by atoms with E-state index in [1.54, 1.807) is 12.1 Å². The molecule has 3 amide bonds. The highest BCUT2D eigenvalue weighted by atomic mass is 16.5. The predicted molar refractivity (Wildman–Crippen MR) is 90.0 cm³/mol. The number of carbonyl (C=O) groups is 3. The Hall–Kier alpha value is -2.57. The molecule has 0 aromatic heterocycles. The fourth-order valence-corrected chi connectivity index (χ4v) is 2.22. The Balaban J connectivity index is 1.78. The van der Waals surface area contributed by atoms with Crippen LogP contribution < -0.4 is 15.5 Å². The molecule has 1 saturated carbocycles. The molecule has 1 aromatic rings. The Morgan fingerprint density at radius 3 is 2.29 bits per heavy atom. The number of benzene rings is 1. The van der Waals surface area contributed by atoms with E-state index in [0.717, 1.165) is 31.6 Å². The summed E-state index contributed by atoms with van der Waals surface area (Å²) in [5, 5.41) is 4.74. The van der Waals surface area contributed by atoms with Crippen LogP contribution in [0.3, 0.4) is 0 Å². The summed E-state index contributed by atoms with van der Waals surface area (Å²) in [7, 11) is 0. The van der Waals surface area contributed by atoms with Crippen LogP contribution >= 0.6 is 0 Å². The highest BCUT2D eigenvalue weighted by Gasteiger charge is 2.24. The van der Waals surface area contributed by atoms with Crippen molar-refractivity contribution in [1.29, 1.82) is 0 Å². The molecule has 130 valence electrons. The molecule has 0 bridgehead atoms. The predicted octanol–water partition coefficient (Wildman–Crippen LogP) is 1.68. The lowest BCUT2D eigenvalue weighted by Gasteiger charge is -2.20. The minimum Gasteiger partial charge on any atom is -0.452 e. The Bertz CT molecular complexity index is 592. The van der Waals surface area contributed by atoms with E-state index in [4.69, 9.17) is 4.74 Å². The first-order valence-electron chi connectivity index (χ1n) is 8.16. The summed E-state index contributed by atoms with van der Waals surface area (Å²) >= 11 is 0. The maximum absolute atomic E-state index is 11.9. The molecule has 7 heteroatoms. The highest BCUT2D eigenvalue weighted by molar-refractivity contribution is 5.97. The quantitative estimate of drug-likeness (QED) is 0.741. The molecule has 1 aromatic carbocycles. The van der Waals surface area contributed by atoms with Gasteiger partial charge < -0.3 is 15.0 Å². The Morgan fingerprint density at radius 2 is 1.75 bits per heavy atom. The molecule has 1 fully saturated rings. The van der Waals surface area contributed by atoms with Crippen LogP contribution in [-0.2, 0) is 9.53 Å². The molecule has 2 N–H and O–H groups in total. The molecule has 2 rings (SSSR count). The third-order valence-electron chi connectivity index (χ3n) is 3.73. The molecular formula is C17H23N3O4. The number of nitrogens with one attached hydrogen (secondary N) is 2. The second kappa shape index (κ2) is 8.33. The molecule has 7 nitrogen and oxygen atoms in total. The monoisotopic (exact) mass is 333 g/mol. The lowest BCUT2D eigenvalue weighted by molar-refractivity contribution is -0.123. The number of amides is 3. The van der Waals surface area contributed by atoms with Crippen LogP contribution in [-0.4, -0.2) is 43.6 Å². The maximum atomic E-state index is 11.9. The minimum atomic E-state index is -0.652. The van der Waals surface area contributed by atoms with Gasteiger partial charge in [-0.2, -0.15) is 0 Å². The Labute approximate surface area is 141 Å². The van der Waals surface area contributed by atoms with Crippen molar-refractivity contribution in [1.82, 2.24) is 10.6 Å². The maximum Gasteiger partial charge on any atom is 0.338 e. The van der Waals surface area contributed by atoms with Crippen molar-refractivity contribution >= 4 is 23.6 Å². The second-order valence-corrected chi connectivity index (χ2v) is 5.59. The van der Waals surface area contributed by atoms with Crippen LogP contribution in [0.1, 0.15) is 37.0 Å². The molecule has 0 spiro atoms. The van der Waals surface area contributed by atoms with Crippen molar-refractivity contribution in [2.24, 2.45) is 0 Å². The van der Waals surface area contributed by atoms with Gasteiger partial charge >= 0.3 is 12.0 Å². The van der Waals surface area contributed by atoms with Crippen LogP contribution in [0.2, 0.25) is 0 Å². The normalized spacial score (nSPS) is 13.1. The lowest BCUT2D eigenvalue weighted by Crippen LogP contribution is -2.42. The summed E-state index contributed by atoms with van der Waals surface area (Å²) in [4.78, 5) is 37.0. The lowest BCUT2D eigenvalue weighted by atomic mass is 10.2. The number of esters is 1. The summed E-state index contributed by atoms with van der Waals surface area (Å²) in [5.41, 5.74) is 1.38. The van der Waals surface area contributed by atoms with Crippen molar-refractivity contribution < 1.29 is 19.1 Å². The van der Waals surface area contributed by atoms with Gasteiger partial charge in [0.05, 0.1) is 5.56 Å². The first-order valence-corrected chi connectivity index (χ1v) is 8.16. The molecule has 0 saturated heterocycles. The van der Waals surface area contributed by atoms with E-state index in [-0.39, 0.29) is 6.04 Å². The van der Waals surface area contributed by atoms with E-state index in [1.165, 1.54) is 0 Å². The third kappa shape index (κ3) is 5.26. The number of hydrogen-bond acceptors (Lipinski definition) is 5. The standard InChI is InChI=1S/C17H23N3O4/c1-3-20(4-2)14-9-5-12(6-10-14)16(22)24-11-15(21)19-17(23)18-13-7-8-13/h5-6,9-10,13H,3-4,7-8,11H2,1-2H3,(H2,18,19,21,23). The zero-order chi connectivity index (χ0) is 17.5. The number of rotatable bonds is 7. The molecule has 0 radical (unpaired) electrons. The molecule has 0 heterocycles. The van der Waals surface area contributed by atoms with Gasteiger partial charge in [0.2, 0.25) is 0 Å². The van der Waals surface area contributed by atoms with E-state index in [1.807, 2.05) is 12.1 Å². The summed E-state index contributed by atoms with van der Waals surface area (Å²) in [5.74, 6) is -1.25. The highest BCUT2D eigenvalue weighted by Crippen LogP contribution is 2.18. The number of nitrogens with zero attached hydrogens (tertiary/aromatic N) is 1. The van der Waals surface area contributed by atoms with Crippen LogP contribution in [0.5, 0.6) is 0 Å². The van der Waals surface area contributed by atoms with Gasteiger partial charge in [-0.25, -0.2) is 9.59 Å². The van der Waals surface area contributed by atoms with Gasteiger partial charge in [-0.1, -0.05) is 0 Å². The van der Waals surface area contributed by atoms with Crippen molar-refractivity contribution in [3.05, 3.63) is 29.8 Å². The Kier molecular flexibility index (Phi) is 6.17. The van der Waals surface area contributed by atoms with E-state index in [9.17, 15) is 14.4 Å². The smallest absolute Gasteiger partial charge is 0.338 e. The molecular weight excluding hydrogens is 310 g/mol. The van der Waals surface area contributed by atoms with Crippen molar-refractivity contribution in [2.45, 2.75) is 32.7 Å².